The van der Waals surface area contributed by atoms with Crippen LogP contribution in [-0.2, 0) is 9.16 Å². The molecule has 0 saturated heterocycles. The van der Waals surface area contributed by atoms with E-state index in [2.05, 4.69) is 44.9 Å². The van der Waals surface area contributed by atoms with Crippen LogP contribution < -0.4 is 5.73 Å². The normalized spacial score (nSPS) is 15.2. The van der Waals surface area contributed by atoms with Crippen LogP contribution in [0.5, 0.6) is 0 Å². The summed E-state index contributed by atoms with van der Waals surface area (Å²) in [6.45, 7) is 10.9. The predicted octanol–water partition coefficient (Wildman–Crippen LogP) is 1.77. The Morgan fingerprint density at radius 3 is 2.44 bits per heavy atom. The fourth-order valence-corrected chi connectivity index (χ4v) is 2.26. The predicted molar refractivity (Wildman–Crippen MR) is 75.1 cm³/mol. The average Bonchev–Trinajstić information content (AvgIpc) is 2.25. The van der Waals surface area contributed by atoms with Crippen LogP contribution in [0, 0.1) is 12.3 Å². The highest BCUT2D eigenvalue weighted by atomic mass is 28.4. The minimum Gasteiger partial charge on any atom is -0.409 e. The lowest BCUT2D eigenvalue weighted by Crippen LogP contribution is -2.49. The number of nitrogens with zero attached hydrogens (tertiary/aromatic N) is 1. The quantitative estimate of drug-likeness (QED) is 0.147. The molecule has 0 radical (unpaired) electrons. The van der Waals surface area contributed by atoms with Gasteiger partial charge in [-0.3, -0.25) is 0 Å². The maximum atomic E-state index is 8.76. The summed E-state index contributed by atoms with van der Waals surface area (Å²) in [5, 5.41) is 11.8. The Morgan fingerprint density at radius 1 is 1.50 bits per heavy atom. The molecule has 0 heterocycles. The van der Waals surface area contributed by atoms with Crippen molar-refractivity contribution in [2.75, 3.05) is 13.2 Å². The van der Waals surface area contributed by atoms with E-state index < -0.39 is 14.4 Å². The summed E-state index contributed by atoms with van der Waals surface area (Å²) < 4.78 is 11.2. The molecule has 1 atom stereocenters. The molecular formula is C12H24N2O3Si. The van der Waals surface area contributed by atoms with Gasteiger partial charge in [0.15, 0.2) is 14.2 Å². The zero-order valence-corrected chi connectivity index (χ0v) is 12.9. The highest BCUT2D eigenvalue weighted by Crippen LogP contribution is 2.37. The van der Waals surface area contributed by atoms with E-state index in [0.717, 1.165) is 0 Å². The zero-order valence-electron chi connectivity index (χ0n) is 11.9. The maximum Gasteiger partial charge on any atom is 0.193 e. The van der Waals surface area contributed by atoms with Crippen LogP contribution in [0.2, 0.25) is 18.1 Å². The Kier molecular flexibility index (Phi) is 6.39. The van der Waals surface area contributed by atoms with Gasteiger partial charge in [-0.2, -0.15) is 0 Å². The Labute approximate surface area is 110 Å². The Morgan fingerprint density at radius 2 is 2.06 bits per heavy atom. The van der Waals surface area contributed by atoms with E-state index in [-0.39, 0.29) is 24.1 Å². The van der Waals surface area contributed by atoms with Gasteiger partial charge >= 0.3 is 0 Å². The van der Waals surface area contributed by atoms with Crippen LogP contribution >= 0.6 is 0 Å². The van der Waals surface area contributed by atoms with Crippen molar-refractivity contribution in [3.05, 3.63) is 0 Å². The molecule has 5 nitrogen and oxygen atoms in total. The van der Waals surface area contributed by atoms with Crippen molar-refractivity contribution >= 4 is 14.2 Å². The molecule has 0 aliphatic heterocycles. The van der Waals surface area contributed by atoms with Crippen molar-refractivity contribution in [1.29, 1.82) is 0 Å². The van der Waals surface area contributed by atoms with Gasteiger partial charge in [-0.25, -0.2) is 0 Å². The molecule has 3 N–H and O–H groups in total. The van der Waals surface area contributed by atoms with Crippen LogP contribution in [-0.4, -0.2) is 38.7 Å². The highest BCUT2D eigenvalue weighted by molar-refractivity contribution is 6.74. The minimum absolute atomic E-state index is 0.0110. The monoisotopic (exact) mass is 272 g/mol. The molecule has 18 heavy (non-hydrogen) atoms. The summed E-state index contributed by atoms with van der Waals surface area (Å²) in [5.41, 5.74) is 5.62. The zero-order chi connectivity index (χ0) is 14.4. The maximum absolute atomic E-state index is 8.76. The molecule has 0 fully saturated rings. The van der Waals surface area contributed by atoms with Crippen LogP contribution in [0.25, 0.3) is 0 Å². The van der Waals surface area contributed by atoms with Crippen molar-refractivity contribution in [3.63, 3.8) is 0 Å². The van der Waals surface area contributed by atoms with Crippen molar-refractivity contribution in [2.45, 2.75) is 45.0 Å². The van der Waals surface area contributed by atoms with Crippen molar-refractivity contribution in [1.82, 2.24) is 0 Å². The summed E-state index contributed by atoms with van der Waals surface area (Å²) in [6, 6.07) is 0. The molecular weight excluding hydrogens is 248 g/mol. The molecule has 0 aliphatic rings. The molecule has 0 rings (SSSR count). The van der Waals surface area contributed by atoms with E-state index in [0.29, 0.717) is 0 Å². The molecule has 0 aromatic carbocycles. The molecule has 0 spiro atoms. The number of amidine groups is 1. The second-order valence-corrected chi connectivity index (χ2v) is 10.4. The number of rotatable bonds is 6. The number of hydrogen-bond donors (Lipinski definition) is 2. The molecule has 0 amide bonds. The van der Waals surface area contributed by atoms with Gasteiger partial charge in [-0.15, -0.1) is 6.42 Å². The van der Waals surface area contributed by atoms with Gasteiger partial charge in [-0.05, 0) is 18.1 Å². The number of hydrogen-bond acceptors (Lipinski definition) is 4. The summed E-state index contributed by atoms with van der Waals surface area (Å²) >= 11 is 0. The lowest BCUT2D eigenvalue weighted by Gasteiger charge is -2.38. The van der Waals surface area contributed by atoms with Gasteiger partial charge in [0, 0.05) is 0 Å². The largest absolute Gasteiger partial charge is 0.409 e. The van der Waals surface area contributed by atoms with Crippen molar-refractivity contribution in [2.24, 2.45) is 10.9 Å². The molecule has 0 aromatic rings. The Bertz CT molecular complexity index is 329. The van der Waals surface area contributed by atoms with E-state index in [1.807, 2.05) is 0 Å². The minimum atomic E-state index is -2.01. The van der Waals surface area contributed by atoms with Crippen LogP contribution in [0.15, 0.2) is 5.16 Å². The topological polar surface area (TPSA) is 77.1 Å². The first-order valence-electron chi connectivity index (χ1n) is 5.82. The number of terminal acetylenes is 1. The second kappa shape index (κ2) is 6.78. The SMILES string of the molecule is C#CCOCC(O[Si](C)(C)C(C)(C)C)/C(N)=N/O. The summed E-state index contributed by atoms with van der Waals surface area (Å²) in [6.07, 6.45) is 4.54. The van der Waals surface area contributed by atoms with Gasteiger partial charge in [0.25, 0.3) is 0 Å². The van der Waals surface area contributed by atoms with Crippen LogP contribution in [0.3, 0.4) is 0 Å². The molecule has 0 bridgehead atoms. The van der Waals surface area contributed by atoms with Gasteiger partial charge in [0.2, 0.25) is 0 Å². The average molecular weight is 272 g/mol. The van der Waals surface area contributed by atoms with E-state index in [1.165, 1.54) is 0 Å². The first-order valence-corrected chi connectivity index (χ1v) is 8.73. The molecule has 0 aliphatic carbocycles. The first-order chi connectivity index (χ1) is 8.15. The molecule has 6 heteroatoms. The van der Waals surface area contributed by atoms with E-state index >= 15 is 0 Å². The molecule has 0 saturated carbocycles. The van der Waals surface area contributed by atoms with E-state index in [1.54, 1.807) is 0 Å². The van der Waals surface area contributed by atoms with Crippen LogP contribution in [0.1, 0.15) is 20.8 Å². The van der Waals surface area contributed by atoms with E-state index in [9.17, 15) is 0 Å². The number of ether oxygens (including phenoxy) is 1. The van der Waals surface area contributed by atoms with Gasteiger partial charge in [-0.1, -0.05) is 31.8 Å². The number of oxime groups is 1. The van der Waals surface area contributed by atoms with Crippen LogP contribution in [0.4, 0.5) is 0 Å². The fraction of sp³-hybridized carbons (Fsp3) is 0.750. The van der Waals surface area contributed by atoms with Crippen molar-refractivity contribution in [3.8, 4) is 12.3 Å². The van der Waals surface area contributed by atoms with Gasteiger partial charge < -0.3 is 20.1 Å². The Hall–Kier alpha value is -1.03. The third kappa shape index (κ3) is 5.08. The summed E-state index contributed by atoms with van der Waals surface area (Å²) in [4.78, 5) is 0. The smallest absolute Gasteiger partial charge is 0.193 e. The lowest BCUT2D eigenvalue weighted by atomic mass is 10.2. The molecule has 0 aromatic heterocycles. The highest BCUT2D eigenvalue weighted by Gasteiger charge is 2.40. The lowest BCUT2D eigenvalue weighted by molar-refractivity contribution is 0.0892. The summed E-state index contributed by atoms with van der Waals surface area (Å²) in [5.74, 6) is 2.37. The third-order valence-electron chi connectivity index (χ3n) is 3.14. The summed E-state index contributed by atoms with van der Waals surface area (Å²) in [7, 11) is -2.01. The number of nitrogens with two attached hydrogens (primary N) is 1. The fourth-order valence-electron chi connectivity index (χ4n) is 1.00. The van der Waals surface area contributed by atoms with E-state index in [4.69, 9.17) is 26.5 Å². The Balaban J connectivity index is 4.75. The third-order valence-corrected chi connectivity index (χ3v) is 7.63. The standard InChI is InChI=1S/C12H24N2O3Si/c1-7-8-16-9-10(11(13)14-15)17-18(5,6)12(2,3)4/h1,10,15H,8-9H2,2-6H3,(H2,13,14). The van der Waals surface area contributed by atoms with Crippen molar-refractivity contribution < 1.29 is 14.4 Å². The van der Waals surface area contributed by atoms with Gasteiger partial charge in [0.1, 0.15) is 12.7 Å². The first kappa shape index (κ1) is 17.0. The second-order valence-electron chi connectivity index (χ2n) is 5.61. The molecule has 104 valence electrons. The van der Waals surface area contributed by atoms with Gasteiger partial charge in [0.05, 0.1) is 6.61 Å². The molecule has 1 unspecified atom stereocenters.